The van der Waals surface area contributed by atoms with Gasteiger partial charge in [-0.2, -0.15) is 0 Å². The van der Waals surface area contributed by atoms with E-state index in [1.165, 1.54) is 12.1 Å². The van der Waals surface area contributed by atoms with Crippen LogP contribution in [0.25, 0.3) is 0 Å². The summed E-state index contributed by atoms with van der Waals surface area (Å²) in [6, 6.07) is 13.2. The van der Waals surface area contributed by atoms with E-state index in [-0.39, 0.29) is 12.2 Å². The molecule has 0 heterocycles. The van der Waals surface area contributed by atoms with Gasteiger partial charge in [0.05, 0.1) is 11.2 Å². The molecule has 2 rings (SSSR count). The molecule has 0 unspecified atom stereocenters. The highest BCUT2D eigenvalue weighted by Gasteiger charge is 2.20. The van der Waals surface area contributed by atoms with Gasteiger partial charge < -0.3 is 9.84 Å². The summed E-state index contributed by atoms with van der Waals surface area (Å²) in [5.74, 6) is -1.42. The summed E-state index contributed by atoms with van der Waals surface area (Å²) in [6.45, 7) is 3.19. The van der Waals surface area contributed by atoms with Crippen LogP contribution in [-0.2, 0) is 16.9 Å². The van der Waals surface area contributed by atoms with Gasteiger partial charge in [0.25, 0.3) is 0 Å². The molecular formula is C17H17FO3. The Kier molecular flexibility index (Phi) is 4.38. The van der Waals surface area contributed by atoms with Crippen molar-refractivity contribution >= 4 is 5.97 Å². The van der Waals surface area contributed by atoms with Crippen LogP contribution in [0.15, 0.2) is 48.5 Å². The van der Waals surface area contributed by atoms with E-state index in [0.717, 1.165) is 11.6 Å². The first kappa shape index (κ1) is 15.2. The normalized spacial score (nSPS) is 11.2. The molecule has 0 amide bonds. The van der Waals surface area contributed by atoms with Crippen LogP contribution in [-0.4, -0.2) is 11.1 Å². The SMILES string of the molecule is CC(C)(O)c1ccc(C(=O)OCc2ccccc2)c(F)c1. The smallest absolute Gasteiger partial charge is 0.341 e. The highest BCUT2D eigenvalue weighted by Crippen LogP contribution is 2.22. The summed E-state index contributed by atoms with van der Waals surface area (Å²) in [6.07, 6.45) is 0. The maximum Gasteiger partial charge on any atom is 0.341 e. The minimum Gasteiger partial charge on any atom is -0.457 e. The van der Waals surface area contributed by atoms with Gasteiger partial charge in [-0.05, 0) is 37.1 Å². The number of rotatable bonds is 4. The van der Waals surface area contributed by atoms with Crippen LogP contribution < -0.4 is 0 Å². The number of halogens is 1. The molecule has 2 aromatic carbocycles. The Balaban J connectivity index is 2.09. The first-order valence-corrected chi connectivity index (χ1v) is 6.61. The quantitative estimate of drug-likeness (QED) is 0.877. The molecule has 0 aliphatic carbocycles. The van der Waals surface area contributed by atoms with Crippen LogP contribution in [0.4, 0.5) is 4.39 Å². The standard InChI is InChI=1S/C17H17FO3/c1-17(2,20)13-8-9-14(15(18)10-13)16(19)21-11-12-6-4-3-5-7-12/h3-10,20H,11H2,1-2H3. The third-order valence-electron chi connectivity index (χ3n) is 3.11. The molecular weight excluding hydrogens is 271 g/mol. The maximum absolute atomic E-state index is 13.9. The third-order valence-corrected chi connectivity index (χ3v) is 3.11. The van der Waals surface area contributed by atoms with Crippen LogP contribution in [0.2, 0.25) is 0 Å². The van der Waals surface area contributed by atoms with Crippen LogP contribution in [0, 0.1) is 5.82 Å². The van der Waals surface area contributed by atoms with Crippen LogP contribution in [0.3, 0.4) is 0 Å². The Hall–Kier alpha value is -2.20. The predicted molar refractivity (Wildman–Crippen MR) is 77.2 cm³/mol. The fourth-order valence-corrected chi connectivity index (χ4v) is 1.86. The van der Waals surface area contributed by atoms with Crippen molar-refractivity contribution in [1.29, 1.82) is 0 Å². The Morgan fingerprint density at radius 3 is 2.43 bits per heavy atom. The zero-order valence-corrected chi connectivity index (χ0v) is 12.0. The molecule has 0 saturated carbocycles. The molecule has 0 spiro atoms. The first-order chi connectivity index (χ1) is 9.88. The van der Waals surface area contributed by atoms with Crippen LogP contribution in [0.1, 0.15) is 35.3 Å². The van der Waals surface area contributed by atoms with Crippen molar-refractivity contribution in [2.24, 2.45) is 0 Å². The van der Waals surface area contributed by atoms with Crippen molar-refractivity contribution in [1.82, 2.24) is 0 Å². The van der Waals surface area contributed by atoms with E-state index in [9.17, 15) is 14.3 Å². The summed E-state index contributed by atoms with van der Waals surface area (Å²) in [5, 5.41) is 9.81. The molecule has 0 aromatic heterocycles. The molecule has 2 aromatic rings. The number of carbonyl (C=O) groups is 1. The monoisotopic (exact) mass is 288 g/mol. The molecule has 4 heteroatoms. The van der Waals surface area contributed by atoms with Crippen molar-refractivity contribution in [2.75, 3.05) is 0 Å². The highest BCUT2D eigenvalue weighted by molar-refractivity contribution is 5.89. The third kappa shape index (κ3) is 3.89. The second kappa shape index (κ2) is 6.06. The molecule has 1 N–H and O–H groups in total. The highest BCUT2D eigenvalue weighted by atomic mass is 19.1. The van der Waals surface area contributed by atoms with Crippen molar-refractivity contribution in [3.05, 3.63) is 71.0 Å². The number of ether oxygens (including phenoxy) is 1. The van der Waals surface area contributed by atoms with Crippen LogP contribution in [0.5, 0.6) is 0 Å². The number of aliphatic hydroxyl groups is 1. The van der Waals surface area contributed by atoms with Gasteiger partial charge in [0.15, 0.2) is 0 Å². The van der Waals surface area contributed by atoms with Gasteiger partial charge in [-0.15, -0.1) is 0 Å². The van der Waals surface area contributed by atoms with Gasteiger partial charge in [-0.3, -0.25) is 0 Å². The Morgan fingerprint density at radius 1 is 1.19 bits per heavy atom. The zero-order valence-electron chi connectivity index (χ0n) is 12.0. The zero-order chi connectivity index (χ0) is 15.5. The lowest BCUT2D eigenvalue weighted by molar-refractivity contribution is 0.0465. The maximum atomic E-state index is 13.9. The van der Waals surface area contributed by atoms with Crippen LogP contribution >= 0.6 is 0 Å². The minimum absolute atomic E-state index is 0.0896. The lowest BCUT2D eigenvalue weighted by Crippen LogP contribution is -2.17. The van der Waals surface area contributed by atoms with E-state index in [0.29, 0.717) is 5.56 Å². The largest absolute Gasteiger partial charge is 0.457 e. The van der Waals surface area contributed by atoms with Gasteiger partial charge >= 0.3 is 5.97 Å². The molecule has 0 saturated heterocycles. The second-order valence-electron chi connectivity index (χ2n) is 5.32. The van der Waals surface area contributed by atoms with E-state index in [2.05, 4.69) is 0 Å². The fraction of sp³-hybridized carbons (Fsp3) is 0.235. The van der Waals surface area contributed by atoms with Gasteiger partial charge in [-0.1, -0.05) is 36.4 Å². The summed E-state index contributed by atoms with van der Waals surface area (Å²) in [4.78, 5) is 11.9. The van der Waals surface area contributed by atoms with Crippen molar-refractivity contribution < 1.29 is 19.0 Å². The summed E-state index contributed by atoms with van der Waals surface area (Å²) in [7, 11) is 0. The number of esters is 1. The topological polar surface area (TPSA) is 46.5 Å². The molecule has 0 bridgehead atoms. The van der Waals surface area contributed by atoms with E-state index in [4.69, 9.17) is 4.74 Å². The summed E-state index contributed by atoms with van der Waals surface area (Å²) < 4.78 is 19.0. The lowest BCUT2D eigenvalue weighted by Gasteiger charge is -2.18. The predicted octanol–water partition coefficient (Wildman–Crippen LogP) is 3.41. The second-order valence-corrected chi connectivity index (χ2v) is 5.32. The summed E-state index contributed by atoms with van der Waals surface area (Å²) >= 11 is 0. The summed E-state index contributed by atoms with van der Waals surface area (Å²) in [5.41, 5.74) is -0.0641. The van der Waals surface area contributed by atoms with Gasteiger partial charge in [0, 0.05) is 0 Å². The molecule has 110 valence electrons. The molecule has 3 nitrogen and oxygen atoms in total. The van der Waals surface area contributed by atoms with Gasteiger partial charge in [-0.25, -0.2) is 9.18 Å². The van der Waals surface area contributed by atoms with E-state index in [1.54, 1.807) is 13.8 Å². The Bertz CT molecular complexity index is 630. The van der Waals surface area contributed by atoms with Crippen molar-refractivity contribution in [3.63, 3.8) is 0 Å². The fourth-order valence-electron chi connectivity index (χ4n) is 1.86. The number of hydrogen-bond donors (Lipinski definition) is 1. The van der Waals surface area contributed by atoms with Gasteiger partial charge in [0.1, 0.15) is 12.4 Å². The van der Waals surface area contributed by atoms with E-state index < -0.39 is 17.4 Å². The molecule has 0 aliphatic heterocycles. The van der Waals surface area contributed by atoms with Gasteiger partial charge in [0.2, 0.25) is 0 Å². The van der Waals surface area contributed by atoms with E-state index in [1.807, 2.05) is 30.3 Å². The molecule has 0 aliphatic rings. The number of benzene rings is 2. The average molecular weight is 288 g/mol. The number of carbonyl (C=O) groups excluding carboxylic acids is 1. The average Bonchev–Trinajstić information content (AvgIpc) is 2.45. The molecule has 0 atom stereocenters. The molecule has 0 fully saturated rings. The minimum atomic E-state index is -1.16. The molecule has 0 radical (unpaired) electrons. The first-order valence-electron chi connectivity index (χ1n) is 6.61. The lowest BCUT2D eigenvalue weighted by atomic mass is 9.97. The Morgan fingerprint density at radius 2 is 1.86 bits per heavy atom. The van der Waals surface area contributed by atoms with Crippen molar-refractivity contribution in [2.45, 2.75) is 26.1 Å². The number of hydrogen-bond acceptors (Lipinski definition) is 3. The van der Waals surface area contributed by atoms with Crippen molar-refractivity contribution in [3.8, 4) is 0 Å². The Labute approximate surface area is 123 Å². The van der Waals surface area contributed by atoms with E-state index >= 15 is 0 Å². The molecule has 21 heavy (non-hydrogen) atoms.